The maximum atomic E-state index is 10.8. The quantitative estimate of drug-likeness (QED) is 0.267. The van der Waals surface area contributed by atoms with Crippen molar-refractivity contribution in [2.24, 2.45) is 0 Å². The predicted octanol–water partition coefficient (Wildman–Crippen LogP) is 10.1. The first kappa shape index (κ1) is 27.2. The second-order valence-electron chi connectivity index (χ2n) is 13.1. The average Bonchev–Trinajstić information content (AvgIpc) is 3.77. The Hall–Kier alpha value is -2.94. The number of rotatable bonds is 8. The van der Waals surface area contributed by atoms with Gasteiger partial charge in [-0.05, 0) is 120 Å². The minimum absolute atomic E-state index is 0.153. The number of phenolic OH excluding ortho intramolecular Hbond substituents is 3. The maximum absolute atomic E-state index is 10.8. The normalized spacial score (nSPS) is 19.6. The molecule has 40 heavy (non-hydrogen) atoms. The van der Waals surface area contributed by atoms with Crippen LogP contribution < -0.4 is 0 Å². The van der Waals surface area contributed by atoms with E-state index in [1.807, 2.05) is 18.2 Å². The van der Waals surface area contributed by atoms with Crippen LogP contribution in [0.15, 0.2) is 54.6 Å². The molecule has 3 aliphatic rings. The van der Waals surface area contributed by atoms with Crippen LogP contribution >= 0.6 is 0 Å². The zero-order chi connectivity index (χ0) is 27.6. The summed E-state index contributed by atoms with van der Waals surface area (Å²) in [5.74, 6) is 3.10. The summed E-state index contributed by atoms with van der Waals surface area (Å²) in [5, 5.41) is 32.4. The Balaban J connectivity index is 1.37. The molecular weight excluding hydrogens is 492 g/mol. The van der Waals surface area contributed by atoms with Gasteiger partial charge in [0.05, 0.1) is 0 Å². The third-order valence-corrected chi connectivity index (χ3v) is 10.5. The molecule has 3 aromatic carbocycles. The molecule has 0 radical (unpaired) electrons. The SMILES string of the molecule is CC(CC(c1ccc(O)c(C2CCCC2)c1)c1ccc(O)c(C2CCCC2)c1)c1ccc(O)c(C2CCCC2)c1. The molecule has 212 valence electrons. The molecule has 3 aromatic rings. The van der Waals surface area contributed by atoms with Gasteiger partial charge in [-0.25, -0.2) is 0 Å². The van der Waals surface area contributed by atoms with Crippen LogP contribution in [0.3, 0.4) is 0 Å². The first-order valence-corrected chi connectivity index (χ1v) is 16.0. The van der Waals surface area contributed by atoms with Crippen molar-refractivity contribution in [3.05, 3.63) is 88.0 Å². The largest absolute Gasteiger partial charge is 0.508 e. The van der Waals surface area contributed by atoms with Crippen LogP contribution in [0.2, 0.25) is 0 Å². The van der Waals surface area contributed by atoms with Crippen molar-refractivity contribution < 1.29 is 15.3 Å². The van der Waals surface area contributed by atoms with E-state index < -0.39 is 0 Å². The van der Waals surface area contributed by atoms with Crippen molar-refractivity contribution in [2.75, 3.05) is 0 Å². The Labute approximate surface area is 240 Å². The molecule has 0 amide bonds. The molecule has 3 aliphatic carbocycles. The molecule has 3 fully saturated rings. The first-order chi connectivity index (χ1) is 19.5. The fourth-order valence-corrected chi connectivity index (χ4v) is 8.10. The minimum Gasteiger partial charge on any atom is -0.508 e. The Morgan fingerprint density at radius 1 is 0.525 bits per heavy atom. The van der Waals surface area contributed by atoms with E-state index in [0.29, 0.717) is 40.9 Å². The van der Waals surface area contributed by atoms with Gasteiger partial charge < -0.3 is 15.3 Å². The lowest BCUT2D eigenvalue weighted by atomic mass is 9.79. The Morgan fingerprint density at radius 3 is 1.23 bits per heavy atom. The van der Waals surface area contributed by atoms with E-state index in [1.165, 1.54) is 68.1 Å². The lowest BCUT2D eigenvalue weighted by Crippen LogP contribution is -2.09. The standard InChI is InChI=1S/C37H46O3/c1-24(28-14-17-35(38)32(21-28)25-8-2-3-9-25)20-31(29-15-18-36(39)33(22-29)26-10-4-5-11-26)30-16-19-37(40)34(23-30)27-12-6-7-13-27/h14-19,21-27,31,38-40H,2-13,20H2,1H3. The van der Waals surface area contributed by atoms with Crippen molar-refractivity contribution in [2.45, 2.75) is 120 Å². The van der Waals surface area contributed by atoms with Crippen LogP contribution in [-0.4, -0.2) is 15.3 Å². The number of hydrogen-bond acceptors (Lipinski definition) is 3. The van der Waals surface area contributed by atoms with Crippen molar-refractivity contribution in [3.63, 3.8) is 0 Å². The van der Waals surface area contributed by atoms with E-state index in [9.17, 15) is 15.3 Å². The third-order valence-electron chi connectivity index (χ3n) is 10.5. The van der Waals surface area contributed by atoms with E-state index >= 15 is 0 Å². The van der Waals surface area contributed by atoms with Gasteiger partial charge in [0, 0.05) is 5.92 Å². The minimum atomic E-state index is 0.153. The van der Waals surface area contributed by atoms with Gasteiger partial charge in [-0.15, -0.1) is 0 Å². The van der Waals surface area contributed by atoms with Crippen LogP contribution in [0.5, 0.6) is 17.2 Å². The molecule has 6 rings (SSSR count). The number of phenols is 3. The van der Waals surface area contributed by atoms with Crippen LogP contribution in [0.4, 0.5) is 0 Å². The molecule has 0 saturated heterocycles. The number of hydrogen-bond donors (Lipinski definition) is 3. The summed E-state index contributed by atoms with van der Waals surface area (Å²) in [4.78, 5) is 0. The Morgan fingerprint density at radius 2 is 0.850 bits per heavy atom. The summed E-state index contributed by atoms with van der Waals surface area (Å²) in [6, 6.07) is 18.9. The molecule has 0 heterocycles. The number of aromatic hydroxyl groups is 3. The highest BCUT2D eigenvalue weighted by molar-refractivity contribution is 5.47. The summed E-state index contributed by atoms with van der Waals surface area (Å²) < 4.78 is 0. The molecule has 0 aromatic heterocycles. The number of benzene rings is 3. The first-order valence-electron chi connectivity index (χ1n) is 16.0. The van der Waals surface area contributed by atoms with Gasteiger partial charge in [-0.2, -0.15) is 0 Å². The molecule has 3 nitrogen and oxygen atoms in total. The molecule has 3 N–H and O–H groups in total. The highest BCUT2D eigenvalue weighted by atomic mass is 16.3. The summed E-state index contributed by atoms with van der Waals surface area (Å²) in [7, 11) is 0. The van der Waals surface area contributed by atoms with Gasteiger partial charge in [0.2, 0.25) is 0 Å². The zero-order valence-electron chi connectivity index (χ0n) is 24.1. The molecule has 0 bridgehead atoms. The van der Waals surface area contributed by atoms with Crippen LogP contribution in [0, 0.1) is 0 Å². The smallest absolute Gasteiger partial charge is 0.119 e. The third kappa shape index (κ3) is 5.62. The van der Waals surface area contributed by atoms with Gasteiger partial charge in [-0.1, -0.05) is 81.8 Å². The molecule has 3 heteroatoms. The van der Waals surface area contributed by atoms with Crippen LogP contribution in [0.1, 0.15) is 153 Å². The molecular formula is C37H46O3. The second kappa shape index (κ2) is 11.9. The summed E-state index contributed by atoms with van der Waals surface area (Å²) in [5.41, 5.74) is 7.13. The topological polar surface area (TPSA) is 60.7 Å². The van der Waals surface area contributed by atoms with Gasteiger partial charge in [0.25, 0.3) is 0 Å². The fraction of sp³-hybridized carbons (Fsp3) is 0.514. The second-order valence-corrected chi connectivity index (χ2v) is 13.1. The van der Waals surface area contributed by atoms with Crippen molar-refractivity contribution in [1.29, 1.82) is 0 Å². The molecule has 1 atom stereocenters. The van der Waals surface area contributed by atoms with E-state index in [-0.39, 0.29) is 5.92 Å². The molecule has 0 spiro atoms. The van der Waals surface area contributed by atoms with Gasteiger partial charge in [0.15, 0.2) is 0 Å². The molecule has 3 saturated carbocycles. The van der Waals surface area contributed by atoms with Crippen molar-refractivity contribution >= 4 is 0 Å². The maximum Gasteiger partial charge on any atom is 0.119 e. The molecule has 0 aliphatic heterocycles. The fourth-order valence-electron chi connectivity index (χ4n) is 8.10. The monoisotopic (exact) mass is 538 g/mol. The molecule has 1 unspecified atom stereocenters. The van der Waals surface area contributed by atoms with Gasteiger partial charge in [-0.3, -0.25) is 0 Å². The highest BCUT2D eigenvalue weighted by Crippen LogP contribution is 2.46. The lowest BCUT2D eigenvalue weighted by molar-refractivity contribution is 0.459. The Kier molecular flexibility index (Phi) is 8.10. The predicted molar refractivity (Wildman–Crippen MR) is 163 cm³/mol. The average molecular weight is 539 g/mol. The van der Waals surface area contributed by atoms with Crippen molar-refractivity contribution in [3.8, 4) is 17.2 Å². The summed E-state index contributed by atoms with van der Waals surface area (Å²) >= 11 is 0. The Bertz CT molecular complexity index is 1240. The van der Waals surface area contributed by atoms with Gasteiger partial charge in [0.1, 0.15) is 17.2 Å². The van der Waals surface area contributed by atoms with Crippen LogP contribution in [0.25, 0.3) is 0 Å². The summed E-state index contributed by atoms with van der Waals surface area (Å²) in [6.45, 7) is 2.31. The summed E-state index contributed by atoms with van der Waals surface area (Å²) in [6.07, 6.45) is 15.3. The zero-order valence-corrected chi connectivity index (χ0v) is 24.1. The van der Waals surface area contributed by atoms with Gasteiger partial charge >= 0.3 is 0 Å². The van der Waals surface area contributed by atoms with E-state index in [4.69, 9.17) is 0 Å². The van der Waals surface area contributed by atoms with E-state index in [2.05, 4.69) is 43.3 Å². The van der Waals surface area contributed by atoms with Crippen molar-refractivity contribution in [1.82, 2.24) is 0 Å². The van der Waals surface area contributed by atoms with Crippen LogP contribution in [-0.2, 0) is 0 Å². The lowest BCUT2D eigenvalue weighted by Gasteiger charge is -2.26. The van der Waals surface area contributed by atoms with E-state index in [1.54, 1.807) is 0 Å². The highest BCUT2D eigenvalue weighted by Gasteiger charge is 2.27. The van der Waals surface area contributed by atoms with E-state index in [0.717, 1.165) is 48.8 Å².